The van der Waals surface area contributed by atoms with Gasteiger partial charge in [-0.25, -0.2) is 0 Å². The summed E-state index contributed by atoms with van der Waals surface area (Å²) in [6.07, 6.45) is 0. The number of rotatable bonds is 8. The fourth-order valence-corrected chi connectivity index (χ4v) is 17.0. The molecule has 0 aliphatic rings. The number of benzene rings is 11. The highest BCUT2D eigenvalue weighted by atomic mass is 28.3. The van der Waals surface area contributed by atoms with Crippen LogP contribution in [0.25, 0.3) is 93.6 Å². The molecule has 0 saturated heterocycles. The van der Waals surface area contributed by atoms with Crippen LogP contribution in [-0.2, 0) is 0 Å². The minimum Gasteiger partial charge on any atom is -0.309 e. The number of fused-ring (bicyclic) bond motifs is 9. The second-order valence-corrected chi connectivity index (χ2v) is 22.1. The molecule has 0 unspecified atom stereocenters. The highest BCUT2D eigenvalue weighted by molar-refractivity contribution is 7.21. The van der Waals surface area contributed by atoms with Gasteiger partial charge in [-0.05, 0) is 87.4 Å². The first-order valence-corrected chi connectivity index (χ1v) is 26.2. The lowest BCUT2D eigenvalue weighted by molar-refractivity contribution is 1.16. The number of nitrogens with zero attached hydrogens (tertiary/aromatic N) is 3. The second kappa shape index (κ2) is 16.1. The Morgan fingerprint density at radius 3 is 1.21 bits per heavy atom. The molecule has 14 aromatic rings. The van der Waals surface area contributed by atoms with Crippen LogP contribution in [0.15, 0.2) is 273 Å². The number of hydrogen-bond acceptors (Lipinski definition) is 0. The molecule has 3 nitrogen and oxygen atoms in total. The molecule has 0 aliphatic heterocycles. The van der Waals surface area contributed by atoms with Crippen LogP contribution in [0.2, 0.25) is 0 Å². The normalized spacial score (nSPS) is 12.0. The van der Waals surface area contributed by atoms with Crippen molar-refractivity contribution in [1.82, 2.24) is 13.7 Å². The minimum absolute atomic E-state index is 1.12. The van der Waals surface area contributed by atoms with E-state index in [9.17, 15) is 0 Å². The molecular formula is C66H45N3Si. The molecule has 4 heteroatoms. The molecule has 14 rings (SSSR count). The van der Waals surface area contributed by atoms with Gasteiger partial charge < -0.3 is 13.7 Å². The smallest absolute Gasteiger partial charge is 0.184 e. The zero-order chi connectivity index (χ0) is 46.2. The quantitative estimate of drug-likeness (QED) is 0.107. The number of hydrogen-bond donors (Lipinski definition) is 0. The van der Waals surface area contributed by atoms with E-state index in [0.717, 1.165) is 11.4 Å². The molecule has 0 radical (unpaired) electrons. The second-order valence-electron chi connectivity index (χ2n) is 18.4. The highest BCUT2D eigenvalue weighted by Crippen LogP contribution is 2.40. The molecule has 11 aromatic carbocycles. The van der Waals surface area contributed by atoms with E-state index in [1.54, 1.807) is 0 Å². The fraction of sp³-hybridized carbons (Fsp3) is 0. The van der Waals surface area contributed by atoms with Crippen molar-refractivity contribution in [2.24, 2.45) is 0 Å². The molecule has 3 heterocycles. The molecule has 0 atom stereocenters. The maximum atomic E-state index is 2.61. The van der Waals surface area contributed by atoms with E-state index in [-0.39, 0.29) is 0 Å². The summed E-state index contributed by atoms with van der Waals surface area (Å²) in [5.41, 5.74) is 13.0. The van der Waals surface area contributed by atoms with E-state index >= 15 is 0 Å². The zero-order valence-corrected chi connectivity index (χ0v) is 39.3. The zero-order valence-electron chi connectivity index (χ0n) is 38.3. The summed E-state index contributed by atoms with van der Waals surface area (Å²) in [4.78, 5) is 0. The Balaban J connectivity index is 1.16. The van der Waals surface area contributed by atoms with Gasteiger partial charge in [0.1, 0.15) is 0 Å². The van der Waals surface area contributed by atoms with Crippen LogP contribution in [-0.4, -0.2) is 21.8 Å². The van der Waals surface area contributed by atoms with Crippen LogP contribution in [0.1, 0.15) is 0 Å². The van der Waals surface area contributed by atoms with Gasteiger partial charge in [-0.3, -0.25) is 0 Å². The van der Waals surface area contributed by atoms with Gasteiger partial charge in [0.05, 0.1) is 33.1 Å². The van der Waals surface area contributed by atoms with Crippen molar-refractivity contribution in [3.8, 4) is 28.2 Å². The third-order valence-corrected chi connectivity index (χ3v) is 19.6. The molecule has 3 aromatic heterocycles. The molecule has 70 heavy (non-hydrogen) atoms. The average molecular weight is 908 g/mol. The molecule has 0 aliphatic carbocycles. The Hall–Kier alpha value is -8.96. The Morgan fingerprint density at radius 1 is 0.243 bits per heavy atom. The van der Waals surface area contributed by atoms with Gasteiger partial charge in [-0.2, -0.15) is 0 Å². The maximum Gasteiger partial charge on any atom is 0.184 e. The Morgan fingerprint density at radius 2 is 0.657 bits per heavy atom. The van der Waals surface area contributed by atoms with E-state index < -0.39 is 8.07 Å². The molecular weight excluding hydrogens is 863 g/mol. The molecule has 0 bridgehead atoms. The Kier molecular flexibility index (Phi) is 9.23. The molecule has 0 fully saturated rings. The van der Waals surface area contributed by atoms with Gasteiger partial charge in [0.15, 0.2) is 8.07 Å². The van der Waals surface area contributed by atoms with Gasteiger partial charge in [0.2, 0.25) is 0 Å². The van der Waals surface area contributed by atoms with Crippen molar-refractivity contribution in [2.75, 3.05) is 0 Å². The average Bonchev–Trinajstić information content (AvgIpc) is 4.08. The third-order valence-electron chi connectivity index (χ3n) is 14.8. The van der Waals surface area contributed by atoms with E-state index in [2.05, 4.69) is 287 Å². The number of aromatic nitrogens is 3. The summed E-state index contributed by atoms with van der Waals surface area (Å²) >= 11 is 0. The predicted molar refractivity (Wildman–Crippen MR) is 299 cm³/mol. The van der Waals surface area contributed by atoms with Crippen LogP contribution < -0.4 is 20.7 Å². The lowest BCUT2D eigenvalue weighted by Crippen LogP contribution is -2.75. The standard InChI is InChI=1S/C66H45N3Si/c1-5-22-46(23-6-1)47-24-21-25-48(44-47)67-59-36-17-16-35-56(59)58-45-49(40-42-63(58)67)68-60-37-18-15-34-55(60)57-41-43-64(69-61-38-19-13-32-53(61)54-33-14-20-39-62(54)69)66(65(57)68)70(50-26-7-2-8-27-50,51-28-9-3-10-29-51)52-30-11-4-12-31-52/h1-45H. The summed E-state index contributed by atoms with van der Waals surface area (Å²) < 4.78 is 7.62. The maximum absolute atomic E-state index is 3.28. The number of para-hydroxylation sites is 4. The van der Waals surface area contributed by atoms with Gasteiger partial charge in [0, 0.05) is 54.6 Å². The van der Waals surface area contributed by atoms with E-state index in [1.807, 2.05) is 0 Å². The van der Waals surface area contributed by atoms with Gasteiger partial charge in [-0.1, -0.05) is 212 Å². The molecule has 0 spiro atoms. The third kappa shape index (κ3) is 5.94. The Bertz CT molecular complexity index is 4130. The van der Waals surface area contributed by atoms with E-state index in [1.165, 1.54) is 103 Å². The highest BCUT2D eigenvalue weighted by Gasteiger charge is 2.46. The van der Waals surface area contributed by atoms with Crippen molar-refractivity contribution < 1.29 is 0 Å². The van der Waals surface area contributed by atoms with Crippen molar-refractivity contribution in [1.29, 1.82) is 0 Å². The van der Waals surface area contributed by atoms with Crippen LogP contribution in [0.4, 0.5) is 0 Å². The lowest BCUT2D eigenvalue weighted by Gasteiger charge is -2.37. The van der Waals surface area contributed by atoms with Crippen molar-refractivity contribution in [2.45, 2.75) is 0 Å². The molecule has 328 valence electrons. The first kappa shape index (κ1) is 40.1. The van der Waals surface area contributed by atoms with Crippen LogP contribution in [0.3, 0.4) is 0 Å². The summed E-state index contributed by atoms with van der Waals surface area (Å²) in [5.74, 6) is 0. The van der Waals surface area contributed by atoms with Gasteiger partial charge in [-0.15, -0.1) is 0 Å². The van der Waals surface area contributed by atoms with Crippen LogP contribution in [0, 0.1) is 0 Å². The van der Waals surface area contributed by atoms with Crippen molar-refractivity contribution in [3.05, 3.63) is 273 Å². The first-order valence-electron chi connectivity index (χ1n) is 24.2. The van der Waals surface area contributed by atoms with Crippen LogP contribution >= 0.6 is 0 Å². The monoisotopic (exact) mass is 907 g/mol. The Labute approximate surface area is 407 Å². The van der Waals surface area contributed by atoms with Crippen molar-refractivity contribution in [3.63, 3.8) is 0 Å². The van der Waals surface area contributed by atoms with E-state index in [4.69, 9.17) is 0 Å². The minimum atomic E-state index is -3.28. The fourth-order valence-electron chi connectivity index (χ4n) is 11.9. The van der Waals surface area contributed by atoms with Crippen LogP contribution in [0.5, 0.6) is 0 Å². The first-order chi connectivity index (χ1) is 34.8. The largest absolute Gasteiger partial charge is 0.309 e. The SMILES string of the molecule is c1ccc(-c2cccc(-n3c4ccccc4c4cc(-n5c6ccccc6c6ccc(-n7c8ccccc8c8ccccc87)c([Si](c7ccccc7)(c7ccccc7)c7ccccc7)c65)ccc43)c2)cc1. The lowest BCUT2D eigenvalue weighted by atomic mass is 10.1. The van der Waals surface area contributed by atoms with Gasteiger partial charge >= 0.3 is 0 Å². The van der Waals surface area contributed by atoms with Gasteiger partial charge in [0.25, 0.3) is 0 Å². The summed E-state index contributed by atoms with van der Waals surface area (Å²) in [5, 5.41) is 12.7. The van der Waals surface area contributed by atoms with E-state index in [0.29, 0.717) is 0 Å². The summed E-state index contributed by atoms with van der Waals surface area (Å²) in [6, 6.07) is 102. The summed E-state index contributed by atoms with van der Waals surface area (Å²) in [6.45, 7) is 0. The molecule has 0 N–H and O–H groups in total. The predicted octanol–water partition coefficient (Wildman–Crippen LogP) is 14.0. The van der Waals surface area contributed by atoms with Crippen molar-refractivity contribution >= 4 is 94.2 Å². The molecule has 0 saturated carbocycles. The summed E-state index contributed by atoms with van der Waals surface area (Å²) in [7, 11) is -3.28. The molecule has 0 amide bonds. The topological polar surface area (TPSA) is 14.8 Å².